The lowest BCUT2D eigenvalue weighted by Gasteiger charge is -2.13. The molecule has 1 aliphatic heterocycles. The number of fused-ring (bicyclic) bond motifs is 2. The van der Waals surface area contributed by atoms with Gasteiger partial charge in [-0.25, -0.2) is 13.4 Å². The van der Waals surface area contributed by atoms with Crippen molar-refractivity contribution in [2.45, 2.75) is 30.5 Å². The van der Waals surface area contributed by atoms with Crippen molar-refractivity contribution in [1.29, 1.82) is 0 Å². The van der Waals surface area contributed by atoms with Crippen LogP contribution < -0.4 is 14.8 Å². The van der Waals surface area contributed by atoms with Gasteiger partial charge in [-0.15, -0.1) is 8.78 Å². The van der Waals surface area contributed by atoms with Crippen LogP contribution in [0, 0.1) is 0 Å². The van der Waals surface area contributed by atoms with E-state index in [1.54, 1.807) is 0 Å². The normalized spacial score (nSPS) is 14.5. The number of amides is 1. The van der Waals surface area contributed by atoms with Crippen LogP contribution in [0.3, 0.4) is 0 Å². The summed E-state index contributed by atoms with van der Waals surface area (Å²) in [5.74, 6) is -2.63. The van der Waals surface area contributed by atoms with Crippen molar-refractivity contribution in [2.24, 2.45) is 0 Å². The van der Waals surface area contributed by atoms with Crippen molar-refractivity contribution in [1.82, 2.24) is 19.9 Å². The highest BCUT2D eigenvalue weighted by Gasteiger charge is 2.45. The lowest BCUT2D eigenvalue weighted by Crippen LogP contribution is -2.26. The third-order valence-electron chi connectivity index (χ3n) is 5.76. The van der Waals surface area contributed by atoms with Crippen LogP contribution in [-0.4, -0.2) is 41.4 Å². The Balaban J connectivity index is 1.42. The van der Waals surface area contributed by atoms with Gasteiger partial charge < -0.3 is 19.4 Å². The number of sulfone groups is 1. The van der Waals surface area contributed by atoms with E-state index < -0.39 is 40.6 Å². The molecule has 0 bridgehead atoms. The van der Waals surface area contributed by atoms with Gasteiger partial charge >= 0.3 is 12.5 Å². The number of ether oxygens (including phenoxy) is 2. The number of nitrogens with one attached hydrogen (secondary N) is 1. The molecule has 1 amide bonds. The fourth-order valence-electron chi connectivity index (χ4n) is 3.98. The first kappa shape index (κ1) is 26.3. The van der Waals surface area contributed by atoms with Crippen LogP contribution in [0.15, 0.2) is 59.6 Å². The van der Waals surface area contributed by atoms with E-state index in [0.29, 0.717) is 5.69 Å². The van der Waals surface area contributed by atoms with Gasteiger partial charge in [-0.1, -0.05) is 12.1 Å². The molecule has 15 heteroatoms. The zero-order chi connectivity index (χ0) is 28.2. The predicted octanol–water partition coefficient (Wildman–Crippen LogP) is 4.15. The fourth-order valence-corrected chi connectivity index (χ4v) is 4.53. The van der Waals surface area contributed by atoms with Gasteiger partial charge in [0.25, 0.3) is 5.91 Å². The molecule has 0 saturated heterocycles. The smallest absolute Gasteiger partial charge is 0.395 e. The lowest BCUT2D eigenvalue weighted by atomic mass is 10.1. The third-order valence-corrected chi connectivity index (χ3v) is 6.86. The Labute approximate surface area is 217 Å². The first-order chi connectivity index (χ1) is 18.2. The molecule has 4 aromatic rings. The lowest BCUT2D eigenvalue weighted by molar-refractivity contribution is -0.287. The quantitative estimate of drug-likeness (QED) is 0.348. The number of carbonyl (C=O) groups excluding carboxylic acids is 1. The molecule has 0 saturated carbocycles. The molecule has 0 unspecified atom stereocenters. The Bertz CT molecular complexity index is 1700. The van der Waals surface area contributed by atoms with Crippen LogP contribution in [0.4, 0.5) is 22.0 Å². The Morgan fingerprint density at radius 2 is 1.87 bits per heavy atom. The summed E-state index contributed by atoms with van der Waals surface area (Å²) >= 11 is 0. The molecule has 1 aliphatic rings. The molecule has 0 atom stereocenters. The fraction of sp³-hybridized carbons (Fsp3) is 0.208. The van der Waals surface area contributed by atoms with Crippen LogP contribution in [0.5, 0.6) is 11.5 Å². The Morgan fingerprint density at radius 1 is 1.10 bits per heavy atom. The molecule has 0 radical (unpaired) electrons. The Morgan fingerprint density at radius 3 is 2.54 bits per heavy atom. The number of hydrogen-bond acceptors (Lipinski definition) is 7. The van der Waals surface area contributed by atoms with Crippen LogP contribution in [0.1, 0.15) is 27.4 Å². The molecule has 0 fully saturated rings. The minimum Gasteiger partial charge on any atom is -0.395 e. The molecule has 39 heavy (non-hydrogen) atoms. The average molecular weight is 568 g/mol. The third kappa shape index (κ3) is 5.34. The van der Waals surface area contributed by atoms with Gasteiger partial charge in [0.15, 0.2) is 21.3 Å². The zero-order valence-electron chi connectivity index (χ0n) is 19.8. The van der Waals surface area contributed by atoms with Gasteiger partial charge in [0.1, 0.15) is 0 Å². The van der Waals surface area contributed by atoms with E-state index in [1.807, 2.05) is 0 Å². The van der Waals surface area contributed by atoms with E-state index in [9.17, 15) is 35.2 Å². The number of benzene rings is 2. The zero-order valence-corrected chi connectivity index (χ0v) is 20.6. The highest BCUT2D eigenvalue weighted by Crippen LogP contribution is 2.44. The van der Waals surface area contributed by atoms with E-state index in [4.69, 9.17) is 0 Å². The van der Waals surface area contributed by atoms with Gasteiger partial charge in [-0.05, 0) is 36.4 Å². The van der Waals surface area contributed by atoms with E-state index in [1.165, 1.54) is 48.5 Å². The maximum atomic E-state index is 13.9. The summed E-state index contributed by atoms with van der Waals surface area (Å²) in [5.41, 5.74) is 0.213. The molecule has 3 heterocycles. The molecule has 0 spiro atoms. The number of imidazole rings is 1. The highest BCUT2D eigenvalue weighted by atomic mass is 32.2. The number of carbonyl (C=O) groups is 1. The van der Waals surface area contributed by atoms with Gasteiger partial charge in [0.2, 0.25) is 5.82 Å². The molecule has 1 N–H and O–H groups in total. The summed E-state index contributed by atoms with van der Waals surface area (Å²) in [6, 6.07) is 10.4. The Kier molecular flexibility index (Phi) is 6.20. The Hall–Kier alpha value is -4.27. The van der Waals surface area contributed by atoms with Crippen molar-refractivity contribution in [3.63, 3.8) is 0 Å². The largest absolute Gasteiger partial charge is 0.586 e. The first-order valence-corrected chi connectivity index (χ1v) is 13.0. The van der Waals surface area contributed by atoms with E-state index >= 15 is 0 Å². The predicted molar refractivity (Wildman–Crippen MR) is 125 cm³/mol. The summed E-state index contributed by atoms with van der Waals surface area (Å²) in [4.78, 5) is 20.3. The molecular formula is C24H17F5N4O5S. The number of nitrogens with zero attached hydrogens (tertiary/aromatic N) is 3. The summed E-state index contributed by atoms with van der Waals surface area (Å²) in [5, 5.41) is 2.56. The molecule has 0 aliphatic carbocycles. The summed E-state index contributed by atoms with van der Waals surface area (Å²) in [6.07, 6.45) is -6.67. The minimum atomic E-state index is -4.90. The summed E-state index contributed by atoms with van der Waals surface area (Å²) in [6.45, 7) is -0.594. The second-order valence-corrected chi connectivity index (χ2v) is 10.6. The monoisotopic (exact) mass is 568 g/mol. The number of para-hydroxylation sites is 1. The van der Waals surface area contributed by atoms with Crippen molar-refractivity contribution in [3.8, 4) is 11.5 Å². The highest BCUT2D eigenvalue weighted by molar-refractivity contribution is 7.90. The molecule has 9 nitrogen and oxygen atoms in total. The number of aromatic nitrogens is 3. The number of halogens is 5. The van der Waals surface area contributed by atoms with Crippen molar-refractivity contribution < 1.29 is 44.6 Å². The van der Waals surface area contributed by atoms with Gasteiger partial charge in [0, 0.05) is 23.6 Å². The number of pyridine rings is 1. The molecular weight excluding hydrogens is 551 g/mol. The maximum absolute atomic E-state index is 13.9. The van der Waals surface area contributed by atoms with Crippen LogP contribution in [0.2, 0.25) is 0 Å². The minimum absolute atomic E-state index is 0.000170. The second-order valence-electron chi connectivity index (χ2n) is 8.57. The average Bonchev–Trinajstić information content (AvgIpc) is 3.38. The number of rotatable bonds is 6. The van der Waals surface area contributed by atoms with Crippen molar-refractivity contribution in [2.75, 3.05) is 6.26 Å². The van der Waals surface area contributed by atoms with E-state index in [0.717, 1.165) is 17.0 Å². The summed E-state index contributed by atoms with van der Waals surface area (Å²) < 4.78 is 101. The SMILES string of the molecule is CS(=O)(=O)c1ccc(CNC(=O)c2ccc3c(c2)nc(C(F)(F)F)n3Cc2cccc3c2OC(F)(F)O3)nc1. The van der Waals surface area contributed by atoms with Crippen LogP contribution in [0.25, 0.3) is 11.0 Å². The van der Waals surface area contributed by atoms with Crippen molar-refractivity contribution in [3.05, 3.63) is 77.4 Å². The van der Waals surface area contributed by atoms with E-state index in [2.05, 4.69) is 24.8 Å². The van der Waals surface area contributed by atoms with Crippen LogP contribution >= 0.6 is 0 Å². The number of alkyl halides is 5. The first-order valence-electron chi connectivity index (χ1n) is 11.1. The molecule has 2 aromatic heterocycles. The maximum Gasteiger partial charge on any atom is 0.586 e. The summed E-state index contributed by atoms with van der Waals surface area (Å²) in [7, 11) is -3.44. The molecule has 5 rings (SSSR count). The molecule has 204 valence electrons. The van der Waals surface area contributed by atoms with Crippen molar-refractivity contribution >= 4 is 26.8 Å². The van der Waals surface area contributed by atoms with E-state index in [-0.39, 0.29) is 45.1 Å². The standard InChI is InChI=1S/C24H17F5N4O5S/c1-39(35,36)16-7-6-15(30-11-16)10-31-21(34)13-5-8-18-17(9-13)32-22(23(25,26)27)33(18)12-14-3-2-4-19-20(14)38-24(28,29)37-19/h2-9,11H,10,12H2,1H3,(H,31,34). The van der Waals surface area contributed by atoms with Gasteiger partial charge in [-0.2, -0.15) is 13.2 Å². The van der Waals surface area contributed by atoms with Crippen LogP contribution in [-0.2, 0) is 29.1 Å². The number of hydrogen-bond donors (Lipinski definition) is 1. The van der Waals surface area contributed by atoms with Gasteiger partial charge in [0.05, 0.1) is 34.7 Å². The second kappa shape index (κ2) is 9.18. The van der Waals surface area contributed by atoms with Gasteiger partial charge in [-0.3, -0.25) is 9.78 Å². The molecule has 2 aromatic carbocycles. The topological polar surface area (TPSA) is 112 Å².